The van der Waals surface area contributed by atoms with Crippen molar-refractivity contribution in [2.75, 3.05) is 13.2 Å². The van der Waals surface area contributed by atoms with Gasteiger partial charge < -0.3 is 5.11 Å². The van der Waals surface area contributed by atoms with Gasteiger partial charge in [0.2, 0.25) is 0 Å². The molecule has 0 aromatic rings. The van der Waals surface area contributed by atoms with Gasteiger partial charge in [-0.1, -0.05) is 13.8 Å². The van der Waals surface area contributed by atoms with Gasteiger partial charge in [-0.25, -0.2) is 0 Å². The van der Waals surface area contributed by atoms with Crippen LogP contribution in [0.15, 0.2) is 4.99 Å². The molecule has 0 atom stereocenters. The molecule has 0 saturated heterocycles. The van der Waals surface area contributed by atoms with Gasteiger partial charge in [-0.15, -0.1) is 11.8 Å². The van der Waals surface area contributed by atoms with E-state index in [1.54, 1.807) is 17.3 Å². The van der Waals surface area contributed by atoms with Gasteiger partial charge in [0.05, 0.1) is 18.7 Å². The van der Waals surface area contributed by atoms with E-state index in [-0.39, 0.29) is 6.61 Å². The van der Waals surface area contributed by atoms with Crippen LogP contribution in [0.25, 0.3) is 0 Å². The van der Waals surface area contributed by atoms with Crippen molar-refractivity contribution in [1.82, 2.24) is 0 Å². The SMILES string of the molecule is CC(C)SC=NCCO. The second-order valence-electron chi connectivity index (χ2n) is 1.92. The Hall–Kier alpha value is -0.0200. The van der Waals surface area contributed by atoms with E-state index in [0.717, 1.165) is 0 Å². The first-order chi connectivity index (χ1) is 4.27. The van der Waals surface area contributed by atoms with Gasteiger partial charge in [-0.2, -0.15) is 0 Å². The predicted octanol–water partition coefficient (Wildman–Crippen LogP) is 1.15. The minimum Gasteiger partial charge on any atom is -0.394 e. The number of thioether (sulfide) groups is 1. The minimum absolute atomic E-state index is 0.148. The van der Waals surface area contributed by atoms with Crippen LogP contribution in [0.3, 0.4) is 0 Å². The Morgan fingerprint density at radius 3 is 2.78 bits per heavy atom. The number of aliphatic imine (C=N–C) groups is 1. The average molecular weight is 147 g/mol. The largest absolute Gasteiger partial charge is 0.394 e. The number of hydrogen-bond donors (Lipinski definition) is 1. The van der Waals surface area contributed by atoms with E-state index in [9.17, 15) is 0 Å². The fraction of sp³-hybridized carbons (Fsp3) is 0.833. The lowest BCUT2D eigenvalue weighted by Gasteiger charge is -1.94. The summed E-state index contributed by atoms with van der Waals surface area (Å²) in [5.41, 5.74) is 1.79. The summed E-state index contributed by atoms with van der Waals surface area (Å²) in [6, 6.07) is 0. The Morgan fingerprint density at radius 1 is 1.67 bits per heavy atom. The van der Waals surface area contributed by atoms with Crippen molar-refractivity contribution in [1.29, 1.82) is 0 Å². The fourth-order valence-corrected chi connectivity index (χ4v) is 0.710. The highest BCUT2D eigenvalue weighted by Gasteiger charge is 1.86. The quantitative estimate of drug-likeness (QED) is 0.478. The predicted molar refractivity (Wildman–Crippen MR) is 43.2 cm³/mol. The maximum Gasteiger partial charge on any atom is 0.0627 e. The van der Waals surface area contributed by atoms with Crippen LogP contribution in [0.5, 0.6) is 0 Å². The smallest absolute Gasteiger partial charge is 0.0627 e. The number of aliphatic hydroxyl groups is 1. The second kappa shape index (κ2) is 6.11. The zero-order valence-corrected chi connectivity index (χ0v) is 6.69. The molecule has 54 valence electrons. The lowest BCUT2D eigenvalue weighted by molar-refractivity contribution is 0.307. The monoisotopic (exact) mass is 147 g/mol. The van der Waals surface area contributed by atoms with Crippen molar-refractivity contribution in [2.45, 2.75) is 19.1 Å². The molecule has 1 N–H and O–H groups in total. The molecule has 9 heavy (non-hydrogen) atoms. The third-order valence-corrected chi connectivity index (χ3v) is 1.45. The zero-order valence-electron chi connectivity index (χ0n) is 5.87. The van der Waals surface area contributed by atoms with Crippen LogP contribution >= 0.6 is 11.8 Å². The van der Waals surface area contributed by atoms with E-state index in [4.69, 9.17) is 5.11 Å². The number of hydrogen-bond acceptors (Lipinski definition) is 3. The molecule has 0 aromatic heterocycles. The summed E-state index contributed by atoms with van der Waals surface area (Å²) in [6.07, 6.45) is 0. The topological polar surface area (TPSA) is 32.6 Å². The van der Waals surface area contributed by atoms with Crippen molar-refractivity contribution in [3.8, 4) is 0 Å². The molecule has 0 aliphatic carbocycles. The van der Waals surface area contributed by atoms with Crippen molar-refractivity contribution >= 4 is 17.3 Å². The first-order valence-electron chi connectivity index (χ1n) is 3.02. The van der Waals surface area contributed by atoms with Crippen LogP contribution in [-0.2, 0) is 0 Å². The first kappa shape index (κ1) is 8.98. The lowest BCUT2D eigenvalue weighted by Crippen LogP contribution is -1.89. The van der Waals surface area contributed by atoms with Crippen LogP contribution in [0.2, 0.25) is 0 Å². The molecule has 0 aliphatic rings. The van der Waals surface area contributed by atoms with Gasteiger partial charge in [0.25, 0.3) is 0 Å². The summed E-state index contributed by atoms with van der Waals surface area (Å²) < 4.78 is 0. The molecule has 0 amide bonds. The molecule has 0 radical (unpaired) electrons. The second-order valence-corrected chi connectivity index (χ2v) is 3.35. The summed E-state index contributed by atoms with van der Waals surface area (Å²) >= 11 is 1.67. The van der Waals surface area contributed by atoms with Crippen LogP contribution in [-0.4, -0.2) is 29.1 Å². The van der Waals surface area contributed by atoms with Crippen LogP contribution in [0.4, 0.5) is 0 Å². The van der Waals surface area contributed by atoms with Crippen molar-refractivity contribution < 1.29 is 5.11 Å². The Morgan fingerprint density at radius 2 is 2.33 bits per heavy atom. The summed E-state index contributed by atoms with van der Waals surface area (Å²) in [4.78, 5) is 3.92. The Kier molecular flexibility index (Phi) is 6.09. The van der Waals surface area contributed by atoms with Crippen LogP contribution in [0.1, 0.15) is 13.8 Å². The van der Waals surface area contributed by atoms with E-state index < -0.39 is 0 Å². The lowest BCUT2D eigenvalue weighted by atomic mass is 10.6. The molecule has 0 spiro atoms. The molecule has 0 saturated carbocycles. The molecule has 0 aromatic carbocycles. The van der Waals surface area contributed by atoms with Gasteiger partial charge in [0.1, 0.15) is 0 Å². The number of rotatable bonds is 4. The van der Waals surface area contributed by atoms with Gasteiger partial charge in [0, 0.05) is 5.25 Å². The molecule has 0 aliphatic heterocycles. The molecular formula is C6H13NOS. The van der Waals surface area contributed by atoms with Crippen LogP contribution in [0, 0.1) is 0 Å². The van der Waals surface area contributed by atoms with E-state index in [2.05, 4.69) is 18.8 Å². The van der Waals surface area contributed by atoms with Gasteiger partial charge in [-0.3, -0.25) is 4.99 Å². The highest BCUT2D eigenvalue weighted by Crippen LogP contribution is 2.03. The third kappa shape index (κ3) is 7.98. The standard InChI is InChI=1S/C6H13NOS/c1-6(2)9-5-7-3-4-8/h5-6,8H,3-4H2,1-2H3. The zero-order chi connectivity index (χ0) is 7.11. The Bertz CT molecular complexity index is 83.1. The maximum atomic E-state index is 8.31. The number of aliphatic hydroxyl groups excluding tert-OH is 1. The van der Waals surface area contributed by atoms with E-state index in [1.807, 2.05) is 0 Å². The first-order valence-corrected chi connectivity index (χ1v) is 3.96. The van der Waals surface area contributed by atoms with E-state index in [0.29, 0.717) is 11.8 Å². The van der Waals surface area contributed by atoms with Gasteiger partial charge in [0.15, 0.2) is 0 Å². The normalized spacial score (nSPS) is 11.6. The third-order valence-electron chi connectivity index (χ3n) is 0.637. The highest BCUT2D eigenvalue weighted by molar-refractivity contribution is 8.12. The summed E-state index contributed by atoms with van der Waals surface area (Å²) in [7, 11) is 0. The Balaban J connectivity index is 3.04. The van der Waals surface area contributed by atoms with Crippen molar-refractivity contribution in [3.63, 3.8) is 0 Å². The molecule has 0 heterocycles. The summed E-state index contributed by atoms with van der Waals surface area (Å²) in [5.74, 6) is 0. The molecule has 0 unspecified atom stereocenters. The van der Waals surface area contributed by atoms with E-state index >= 15 is 0 Å². The van der Waals surface area contributed by atoms with Crippen LogP contribution < -0.4 is 0 Å². The fourth-order valence-electron chi connectivity index (χ4n) is 0.275. The molecule has 0 rings (SSSR count). The summed E-state index contributed by atoms with van der Waals surface area (Å²) in [6.45, 7) is 4.89. The summed E-state index contributed by atoms with van der Waals surface area (Å²) in [5, 5.41) is 8.90. The Labute approximate surface area is 60.4 Å². The molecule has 0 bridgehead atoms. The molecular weight excluding hydrogens is 134 g/mol. The minimum atomic E-state index is 0.148. The average Bonchev–Trinajstić information content (AvgIpc) is 1.80. The maximum absolute atomic E-state index is 8.31. The molecule has 2 nitrogen and oxygen atoms in total. The highest BCUT2D eigenvalue weighted by atomic mass is 32.2. The number of nitrogens with zero attached hydrogens (tertiary/aromatic N) is 1. The molecule has 3 heteroatoms. The van der Waals surface area contributed by atoms with Crippen molar-refractivity contribution in [3.05, 3.63) is 0 Å². The molecule has 0 fully saturated rings. The van der Waals surface area contributed by atoms with E-state index in [1.165, 1.54) is 0 Å². The van der Waals surface area contributed by atoms with Crippen molar-refractivity contribution in [2.24, 2.45) is 4.99 Å². The van der Waals surface area contributed by atoms with Gasteiger partial charge in [-0.05, 0) is 0 Å². The van der Waals surface area contributed by atoms with Gasteiger partial charge >= 0.3 is 0 Å².